The fourth-order valence-corrected chi connectivity index (χ4v) is 1.65. The summed E-state index contributed by atoms with van der Waals surface area (Å²) in [5.74, 6) is -0.348. The normalized spacial score (nSPS) is 10.2. The molecule has 4 nitrogen and oxygen atoms in total. The van der Waals surface area contributed by atoms with Crippen LogP contribution in [-0.2, 0) is 6.54 Å². The van der Waals surface area contributed by atoms with Gasteiger partial charge in [0.25, 0.3) is 5.91 Å². The van der Waals surface area contributed by atoms with Gasteiger partial charge in [-0.15, -0.1) is 0 Å². The van der Waals surface area contributed by atoms with Gasteiger partial charge < -0.3 is 10.3 Å². The van der Waals surface area contributed by atoms with Crippen LogP contribution in [0.2, 0.25) is 10.2 Å². The Kier molecular flexibility index (Phi) is 3.66. The first-order chi connectivity index (χ1) is 8.16. The number of carbonyl (C=O) groups is 1. The number of hydrogen-bond acceptors (Lipinski definition) is 2. The van der Waals surface area contributed by atoms with Crippen molar-refractivity contribution in [2.24, 2.45) is 0 Å². The maximum absolute atomic E-state index is 11.8. The smallest absolute Gasteiger partial charge is 0.271 e. The van der Waals surface area contributed by atoms with Crippen LogP contribution in [-0.4, -0.2) is 15.9 Å². The molecule has 0 saturated carbocycles. The monoisotopic (exact) mass is 269 g/mol. The molecule has 2 aromatic rings. The maximum atomic E-state index is 11.8. The molecule has 2 N–H and O–H groups in total. The average molecular weight is 270 g/mol. The van der Waals surface area contributed by atoms with Crippen LogP contribution in [0.1, 0.15) is 16.1 Å². The molecule has 17 heavy (non-hydrogen) atoms. The summed E-state index contributed by atoms with van der Waals surface area (Å²) in [4.78, 5) is 18.6. The van der Waals surface area contributed by atoms with Gasteiger partial charge in [0.2, 0.25) is 0 Å². The fourth-order valence-electron chi connectivity index (χ4n) is 1.31. The minimum absolute atomic E-state index is 0.134. The van der Waals surface area contributed by atoms with Crippen molar-refractivity contribution < 1.29 is 4.79 Å². The van der Waals surface area contributed by atoms with Gasteiger partial charge in [0.15, 0.2) is 0 Å². The summed E-state index contributed by atoms with van der Waals surface area (Å²) >= 11 is 11.6. The molecule has 0 radical (unpaired) electrons. The summed E-state index contributed by atoms with van der Waals surface area (Å²) in [6.07, 6.45) is 3.58. The molecule has 0 aliphatic carbocycles. The number of pyridine rings is 1. The molecule has 0 atom stereocenters. The number of H-pyrrole nitrogens is 1. The van der Waals surface area contributed by atoms with Crippen LogP contribution < -0.4 is 5.32 Å². The Bertz CT molecular complexity index is 526. The molecule has 0 unspecified atom stereocenters. The first-order valence-corrected chi connectivity index (χ1v) is 5.64. The van der Waals surface area contributed by atoms with Crippen molar-refractivity contribution in [3.05, 3.63) is 52.0 Å². The van der Waals surface area contributed by atoms with Crippen LogP contribution in [0.15, 0.2) is 30.6 Å². The third kappa shape index (κ3) is 2.99. The highest BCUT2D eigenvalue weighted by Crippen LogP contribution is 2.16. The zero-order chi connectivity index (χ0) is 12.3. The van der Waals surface area contributed by atoms with Crippen molar-refractivity contribution in [2.75, 3.05) is 0 Å². The minimum atomic E-state index is -0.348. The third-order valence-electron chi connectivity index (χ3n) is 2.14. The Morgan fingerprint density at radius 3 is 2.88 bits per heavy atom. The van der Waals surface area contributed by atoms with Gasteiger partial charge in [-0.3, -0.25) is 4.79 Å². The lowest BCUT2D eigenvalue weighted by Crippen LogP contribution is -2.24. The minimum Gasteiger partial charge on any atom is -0.367 e. The van der Waals surface area contributed by atoms with E-state index in [0.717, 1.165) is 5.56 Å². The van der Waals surface area contributed by atoms with Gasteiger partial charge in [0, 0.05) is 18.9 Å². The second-order valence-electron chi connectivity index (χ2n) is 3.37. The largest absolute Gasteiger partial charge is 0.367 e. The van der Waals surface area contributed by atoms with E-state index in [1.165, 1.54) is 6.07 Å². The highest BCUT2D eigenvalue weighted by Gasteiger charge is 2.12. The molecule has 0 fully saturated rings. The second-order valence-corrected chi connectivity index (χ2v) is 4.16. The van der Waals surface area contributed by atoms with Crippen LogP contribution in [0.4, 0.5) is 0 Å². The SMILES string of the molecule is O=C(NCc1cc[nH]c1)c1nc(Cl)ccc1Cl. The van der Waals surface area contributed by atoms with Crippen molar-refractivity contribution >= 4 is 29.1 Å². The summed E-state index contributed by atoms with van der Waals surface area (Å²) in [6, 6.07) is 4.95. The summed E-state index contributed by atoms with van der Waals surface area (Å²) in [5, 5.41) is 3.22. The van der Waals surface area contributed by atoms with Gasteiger partial charge in [0.1, 0.15) is 10.8 Å². The fraction of sp³-hybridized carbons (Fsp3) is 0.0909. The molecule has 0 aliphatic rings. The lowest BCUT2D eigenvalue weighted by molar-refractivity contribution is 0.0946. The first-order valence-electron chi connectivity index (χ1n) is 4.89. The summed E-state index contributed by atoms with van der Waals surface area (Å²) in [5.41, 5.74) is 1.10. The van der Waals surface area contributed by atoms with E-state index in [2.05, 4.69) is 15.3 Å². The summed E-state index contributed by atoms with van der Waals surface area (Å²) in [7, 11) is 0. The van der Waals surface area contributed by atoms with E-state index in [9.17, 15) is 4.79 Å². The molecular formula is C11H9Cl2N3O. The number of rotatable bonds is 3. The van der Waals surface area contributed by atoms with Crippen molar-refractivity contribution in [1.82, 2.24) is 15.3 Å². The summed E-state index contributed by atoms with van der Waals surface area (Å²) in [6.45, 7) is 0.410. The maximum Gasteiger partial charge on any atom is 0.271 e. The van der Waals surface area contributed by atoms with Crippen LogP contribution in [0.5, 0.6) is 0 Å². The standard InChI is InChI=1S/C11H9Cl2N3O/c12-8-1-2-9(13)16-10(8)11(17)15-6-7-3-4-14-5-7/h1-5,14H,6H2,(H,15,17). The number of aromatic amines is 1. The van der Waals surface area contributed by atoms with Crippen molar-refractivity contribution in [2.45, 2.75) is 6.54 Å². The number of halogens is 2. The molecule has 1 amide bonds. The first kappa shape index (κ1) is 12.0. The summed E-state index contributed by atoms with van der Waals surface area (Å²) < 4.78 is 0. The van der Waals surface area contributed by atoms with E-state index in [4.69, 9.17) is 23.2 Å². The van der Waals surface area contributed by atoms with Gasteiger partial charge >= 0.3 is 0 Å². The van der Waals surface area contributed by atoms with Gasteiger partial charge in [-0.25, -0.2) is 4.98 Å². The Morgan fingerprint density at radius 1 is 1.35 bits per heavy atom. The lowest BCUT2D eigenvalue weighted by Gasteiger charge is -2.05. The van der Waals surface area contributed by atoms with Gasteiger partial charge in [-0.1, -0.05) is 23.2 Å². The van der Waals surface area contributed by atoms with E-state index in [1.807, 2.05) is 6.07 Å². The van der Waals surface area contributed by atoms with Crippen molar-refractivity contribution in [3.63, 3.8) is 0 Å². The van der Waals surface area contributed by atoms with Crippen molar-refractivity contribution in [1.29, 1.82) is 0 Å². The number of aromatic nitrogens is 2. The number of amides is 1. The quantitative estimate of drug-likeness (QED) is 0.842. The van der Waals surface area contributed by atoms with Crippen LogP contribution >= 0.6 is 23.2 Å². The molecule has 0 aromatic carbocycles. The topological polar surface area (TPSA) is 57.8 Å². The number of hydrogen-bond donors (Lipinski definition) is 2. The third-order valence-corrected chi connectivity index (χ3v) is 2.66. The number of carbonyl (C=O) groups excluding carboxylic acids is 1. The van der Waals surface area contributed by atoms with Gasteiger partial charge in [-0.2, -0.15) is 0 Å². The Balaban J connectivity index is 2.07. The average Bonchev–Trinajstić information content (AvgIpc) is 2.82. The molecule has 88 valence electrons. The zero-order valence-corrected chi connectivity index (χ0v) is 10.2. The van der Waals surface area contributed by atoms with Crippen LogP contribution in [0.3, 0.4) is 0 Å². The predicted octanol–water partition coefficient (Wildman–Crippen LogP) is 2.65. The number of nitrogens with one attached hydrogen (secondary N) is 2. The molecule has 2 heterocycles. The van der Waals surface area contributed by atoms with E-state index >= 15 is 0 Å². The van der Waals surface area contributed by atoms with E-state index in [1.54, 1.807) is 18.5 Å². The van der Waals surface area contributed by atoms with Crippen molar-refractivity contribution in [3.8, 4) is 0 Å². The Hall–Kier alpha value is -1.52. The number of nitrogens with zero attached hydrogens (tertiary/aromatic N) is 1. The highest BCUT2D eigenvalue weighted by atomic mass is 35.5. The Labute approximate surface area is 108 Å². The molecule has 6 heteroatoms. The molecular weight excluding hydrogens is 261 g/mol. The van der Waals surface area contributed by atoms with Gasteiger partial charge in [-0.05, 0) is 23.8 Å². The molecule has 0 bridgehead atoms. The highest BCUT2D eigenvalue weighted by molar-refractivity contribution is 6.34. The Morgan fingerprint density at radius 2 is 2.18 bits per heavy atom. The van der Waals surface area contributed by atoms with Gasteiger partial charge in [0.05, 0.1) is 5.02 Å². The second kappa shape index (κ2) is 5.21. The molecule has 0 saturated heterocycles. The molecule has 0 spiro atoms. The van der Waals surface area contributed by atoms with Crippen LogP contribution in [0.25, 0.3) is 0 Å². The molecule has 2 aromatic heterocycles. The van der Waals surface area contributed by atoms with Crippen LogP contribution in [0, 0.1) is 0 Å². The van der Waals surface area contributed by atoms with E-state index in [0.29, 0.717) is 6.54 Å². The van der Waals surface area contributed by atoms with E-state index < -0.39 is 0 Å². The lowest BCUT2D eigenvalue weighted by atomic mass is 10.3. The zero-order valence-electron chi connectivity index (χ0n) is 8.71. The predicted molar refractivity (Wildman–Crippen MR) is 66.2 cm³/mol. The van der Waals surface area contributed by atoms with E-state index in [-0.39, 0.29) is 21.8 Å². The molecule has 2 rings (SSSR count). The molecule has 0 aliphatic heterocycles.